The highest BCUT2D eigenvalue weighted by molar-refractivity contribution is 5.15. The van der Waals surface area contributed by atoms with Gasteiger partial charge in [-0.3, -0.25) is 0 Å². The minimum Gasteiger partial charge on any atom is -0.390 e. The summed E-state index contributed by atoms with van der Waals surface area (Å²) in [6.45, 7) is -1.41. The van der Waals surface area contributed by atoms with Crippen molar-refractivity contribution in [1.82, 2.24) is 4.98 Å². The van der Waals surface area contributed by atoms with Gasteiger partial charge in [-0.25, -0.2) is 18.2 Å². The zero-order chi connectivity index (χ0) is 10.8. The third-order valence-corrected chi connectivity index (χ3v) is 1.58. The number of hydrogen-bond acceptors (Lipinski definition) is 2. The van der Waals surface area contributed by atoms with E-state index >= 15 is 0 Å². The summed E-state index contributed by atoms with van der Waals surface area (Å²) in [7, 11) is 0. The van der Waals surface area contributed by atoms with Crippen LogP contribution in [0.4, 0.5) is 17.6 Å². The van der Waals surface area contributed by atoms with Gasteiger partial charge in [-0.15, -0.1) is 0 Å². The van der Waals surface area contributed by atoms with Crippen molar-refractivity contribution in [2.75, 3.05) is 6.61 Å². The lowest BCUT2D eigenvalue weighted by Crippen LogP contribution is -2.25. The number of nitrogens with zero attached hydrogens (tertiary/aromatic N) is 1. The highest BCUT2D eigenvalue weighted by Crippen LogP contribution is 2.21. The van der Waals surface area contributed by atoms with E-state index in [1.807, 2.05) is 0 Å². The molecule has 0 spiro atoms. The fourth-order valence-electron chi connectivity index (χ4n) is 0.921. The Bertz CT molecular complexity index is 329. The molecular formula is C8H7F4NO. The van der Waals surface area contributed by atoms with E-state index in [4.69, 9.17) is 5.11 Å². The third-order valence-electron chi connectivity index (χ3n) is 1.58. The molecule has 1 heterocycles. The van der Waals surface area contributed by atoms with E-state index in [1.54, 1.807) is 0 Å². The van der Waals surface area contributed by atoms with E-state index in [1.165, 1.54) is 0 Å². The molecule has 78 valence electrons. The second-order valence-corrected chi connectivity index (χ2v) is 2.79. The predicted molar refractivity (Wildman–Crippen MR) is 39.9 cm³/mol. The lowest BCUT2D eigenvalue weighted by atomic mass is 10.1. The Hall–Kier alpha value is -1.17. The summed E-state index contributed by atoms with van der Waals surface area (Å²) in [5.41, 5.74) is -0.503. The van der Waals surface area contributed by atoms with Gasteiger partial charge >= 0.3 is 0 Å². The van der Waals surface area contributed by atoms with E-state index < -0.39 is 36.3 Å². The van der Waals surface area contributed by atoms with Crippen LogP contribution < -0.4 is 0 Å². The van der Waals surface area contributed by atoms with Crippen molar-refractivity contribution >= 4 is 0 Å². The molecule has 0 aliphatic carbocycles. The van der Waals surface area contributed by atoms with E-state index in [0.717, 1.165) is 0 Å². The Balaban J connectivity index is 2.91. The molecule has 0 unspecified atom stereocenters. The molecule has 0 saturated heterocycles. The van der Waals surface area contributed by atoms with Crippen molar-refractivity contribution in [1.29, 1.82) is 0 Å². The number of hydrogen-bond donors (Lipinski definition) is 1. The Kier molecular flexibility index (Phi) is 3.05. The molecule has 0 aliphatic rings. The first-order valence-electron chi connectivity index (χ1n) is 3.73. The first kappa shape index (κ1) is 10.9. The lowest BCUT2D eigenvalue weighted by Gasteiger charge is -2.12. The van der Waals surface area contributed by atoms with Crippen LogP contribution in [-0.2, 0) is 6.42 Å². The fraction of sp³-hybridized carbons (Fsp3) is 0.375. The van der Waals surface area contributed by atoms with Crippen LogP contribution in [0.3, 0.4) is 0 Å². The highest BCUT2D eigenvalue weighted by atomic mass is 19.3. The Labute approximate surface area is 77.2 Å². The average Bonchev–Trinajstić information content (AvgIpc) is 2.11. The number of aliphatic hydroxyl groups is 1. The molecule has 0 radical (unpaired) electrons. The number of halogens is 4. The van der Waals surface area contributed by atoms with Crippen molar-refractivity contribution in [3.63, 3.8) is 0 Å². The van der Waals surface area contributed by atoms with Crippen LogP contribution in [0, 0.1) is 11.8 Å². The summed E-state index contributed by atoms with van der Waals surface area (Å²) < 4.78 is 50.4. The molecular weight excluding hydrogens is 202 g/mol. The second-order valence-electron chi connectivity index (χ2n) is 2.79. The van der Waals surface area contributed by atoms with Gasteiger partial charge in [0.1, 0.15) is 12.4 Å². The molecule has 0 aromatic carbocycles. The van der Waals surface area contributed by atoms with Crippen LogP contribution in [0.5, 0.6) is 0 Å². The number of aromatic nitrogens is 1. The third kappa shape index (κ3) is 2.66. The number of aliphatic hydroxyl groups excluding tert-OH is 1. The quantitative estimate of drug-likeness (QED) is 0.605. The molecule has 0 fully saturated rings. The standard InChI is InChI=1S/C8H7F4NO/c9-6-3-13-7(10)1-5(6)2-8(11,12)4-14/h1,3,14H,2,4H2. The molecule has 0 atom stereocenters. The van der Waals surface area contributed by atoms with Crippen LogP contribution in [-0.4, -0.2) is 22.6 Å². The minimum atomic E-state index is -3.45. The van der Waals surface area contributed by atoms with Gasteiger partial charge in [0.05, 0.1) is 6.20 Å². The maximum Gasteiger partial charge on any atom is 0.274 e. The average molecular weight is 209 g/mol. The predicted octanol–water partition coefficient (Wildman–Crippen LogP) is 1.53. The van der Waals surface area contributed by atoms with Gasteiger partial charge in [-0.05, 0) is 11.6 Å². The van der Waals surface area contributed by atoms with E-state index in [0.29, 0.717) is 12.3 Å². The molecule has 1 aromatic heterocycles. The van der Waals surface area contributed by atoms with Crippen LogP contribution in [0.25, 0.3) is 0 Å². The maximum atomic E-state index is 12.8. The summed E-state index contributed by atoms with van der Waals surface area (Å²) in [6, 6.07) is 0.582. The zero-order valence-corrected chi connectivity index (χ0v) is 6.98. The first-order valence-corrected chi connectivity index (χ1v) is 3.73. The molecule has 0 aliphatic heterocycles. The molecule has 6 heteroatoms. The molecule has 14 heavy (non-hydrogen) atoms. The first-order chi connectivity index (χ1) is 6.44. The van der Waals surface area contributed by atoms with Crippen molar-refractivity contribution in [3.05, 3.63) is 29.6 Å². The second kappa shape index (κ2) is 3.91. The number of pyridine rings is 1. The molecule has 0 amide bonds. The van der Waals surface area contributed by atoms with E-state index in [9.17, 15) is 17.6 Å². The molecule has 1 N–H and O–H groups in total. The van der Waals surface area contributed by atoms with Gasteiger partial charge < -0.3 is 5.11 Å². The van der Waals surface area contributed by atoms with Gasteiger partial charge in [0, 0.05) is 6.42 Å². The largest absolute Gasteiger partial charge is 0.390 e. The Morgan fingerprint density at radius 3 is 2.57 bits per heavy atom. The van der Waals surface area contributed by atoms with Crippen LogP contribution in [0.2, 0.25) is 0 Å². The van der Waals surface area contributed by atoms with Crippen LogP contribution >= 0.6 is 0 Å². The fourth-order valence-corrected chi connectivity index (χ4v) is 0.921. The zero-order valence-electron chi connectivity index (χ0n) is 6.98. The van der Waals surface area contributed by atoms with Crippen molar-refractivity contribution in [2.24, 2.45) is 0 Å². The summed E-state index contributed by atoms with van der Waals surface area (Å²) in [4.78, 5) is 2.95. The minimum absolute atomic E-state index is 0.503. The molecule has 0 saturated carbocycles. The molecule has 2 nitrogen and oxygen atoms in total. The van der Waals surface area contributed by atoms with Crippen LogP contribution in [0.15, 0.2) is 12.3 Å². The molecule has 0 bridgehead atoms. The molecule has 1 rings (SSSR count). The number of rotatable bonds is 3. The Morgan fingerprint density at radius 2 is 2.00 bits per heavy atom. The van der Waals surface area contributed by atoms with Crippen molar-refractivity contribution < 1.29 is 22.7 Å². The number of alkyl halides is 2. The Morgan fingerprint density at radius 1 is 1.36 bits per heavy atom. The maximum absolute atomic E-state index is 12.8. The van der Waals surface area contributed by atoms with Crippen LogP contribution in [0.1, 0.15) is 5.56 Å². The summed E-state index contributed by atoms with van der Waals surface area (Å²) in [5, 5.41) is 8.23. The SMILES string of the molecule is OCC(F)(F)Cc1cc(F)ncc1F. The lowest BCUT2D eigenvalue weighted by molar-refractivity contribution is -0.0494. The normalized spacial score (nSPS) is 11.8. The highest BCUT2D eigenvalue weighted by Gasteiger charge is 2.29. The van der Waals surface area contributed by atoms with Gasteiger partial charge in [0.15, 0.2) is 0 Å². The summed E-state index contributed by atoms with van der Waals surface area (Å²) in [6.07, 6.45) is -0.521. The van der Waals surface area contributed by atoms with Crippen molar-refractivity contribution in [3.8, 4) is 0 Å². The van der Waals surface area contributed by atoms with E-state index in [-0.39, 0.29) is 0 Å². The summed E-state index contributed by atoms with van der Waals surface area (Å²) in [5.74, 6) is -5.50. The topological polar surface area (TPSA) is 33.1 Å². The molecule has 1 aromatic rings. The van der Waals surface area contributed by atoms with Gasteiger partial charge in [-0.1, -0.05) is 0 Å². The van der Waals surface area contributed by atoms with Gasteiger partial charge in [0.2, 0.25) is 5.95 Å². The smallest absolute Gasteiger partial charge is 0.274 e. The van der Waals surface area contributed by atoms with E-state index in [2.05, 4.69) is 4.98 Å². The van der Waals surface area contributed by atoms with Gasteiger partial charge in [-0.2, -0.15) is 4.39 Å². The monoisotopic (exact) mass is 209 g/mol. The van der Waals surface area contributed by atoms with Crippen molar-refractivity contribution in [2.45, 2.75) is 12.3 Å². The van der Waals surface area contributed by atoms with Gasteiger partial charge in [0.25, 0.3) is 5.92 Å². The summed E-state index contributed by atoms with van der Waals surface area (Å²) >= 11 is 0.